The summed E-state index contributed by atoms with van der Waals surface area (Å²) < 4.78 is 28.3. The quantitative estimate of drug-likeness (QED) is 0.746. The van der Waals surface area contributed by atoms with Crippen LogP contribution < -0.4 is 5.56 Å². The summed E-state index contributed by atoms with van der Waals surface area (Å²) in [6, 6.07) is 3.75. The van der Waals surface area contributed by atoms with E-state index in [4.69, 9.17) is 5.26 Å². The topological polar surface area (TPSA) is 98.6 Å². The zero-order valence-electron chi connectivity index (χ0n) is 14.6. The lowest BCUT2D eigenvalue weighted by Crippen LogP contribution is -2.35. The molecular weight excluding hydrogens is 366 g/mol. The van der Waals surface area contributed by atoms with Gasteiger partial charge in [-0.25, -0.2) is 23.7 Å². The largest absolute Gasteiger partial charge is 0.306 e. The molecule has 4 rings (SSSR count). The maximum atomic E-state index is 14.2. The Morgan fingerprint density at radius 2 is 1.93 bits per heavy atom. The molecule has 140 valence electrons. The third-order valence-electron chi connectivity index (χ3n) is 4.63. The van der Waals surface area contributed by atoms with Crippen LogP contribution in [0, 0.1) is 23.0 Å². The molecule has 2 aromatic heterocycles. The van der Waals surface area contributed by atoms with Gasteiger partial charge in [-0.1, -0.05) is 0 Å². The van der Waals surface area contributed by atoms with Gasteiger partial charge in [-0.05, 0) is 12.1 Å². The van der Waals surface area contributed by atoms with E-state index in [0.717, 1.165) is 12.1 Å². The van der Waals surface area contributed by atoms with E-state index >= 15 is 0 Å². The summed E-state index contributed by atoms with van der Waals surface area (Å²) in [7, 11) is 0. The van der Waals surface area contributed by atoms with Gasteiger partial charge in [0.15, 0.2) is 0 Å². The summed E-state index contributed by atoms with van der Waals surface area (Å²) >= 11 is 0. The van der Waals surface area contributed by atoms with Gasteiger partial charge in [0.1, 0.15) is 23.8 Å². The van der Waals surface area contributed by atoms with Crippen LogP contribution in [0.4, 0.5) is 8.78 Å². The number of nitriles is 1. The number of H-pyrrole nitrogens is 1. The zero-order valence-corrected chi connectivity index (χ0v) is 14.6. The van der Waals surface area contributed by atoms with E-state index in [-0.39, 0.29) is 29.8 Å². The van der Waals surface area contributed by atoms with Crippen LogP contribution in [0.15, 0.2) is 35.6 Å². The monoisotopic (exact) mass is 380 g/mol. The van der Waals surface area contributed by atoms with E-state index in [2.05, 4.69) is 19.9 Å². The third-order valence-corrected chi connectivity index (χ3v) is 4.63. The van der Waals surface area contributed by atoms with E-state index in [1.165, 1.54) is 6.33 Å². The summed E-state index contributed by atoms with van der Waals surface area (Å²) in [5.74, 6) is -1.15. The zero-order chi connectivity index (χ0) is 19.7. The fourth-order valence-corrected chi connectivity index (χ4v) is 3.22. The van der Waals surface area contributed by atoms with Gasteiger partial charge in [-0.15, -0.1) is 0 Å². The van der Waals surface area contributed by atoms with Crippen molar-refractivity contribution in [2.24, 2.45) is 0 Å². The van der Waals surface area contributed by atoms with E-state index < -0.39 is 11.6 Å². The highest BCUT2D eigenvalue weighted by Gasteiger charge is 2.23. The molecule has 0 saturated carbocycles. The van der Waals surface area contributed by atoms with Crippen molar-refractivity contribution in [2.75, 3.05) is 6.54 Å². The average molecular weight is 380 g/mol. The number of rotatable bonds is 3. The molecule has 1 aliphatic heterocycles. The summed E-state index contributed by atoms with van der Waals surface area (Å²) in [5, 5.41) is 8.80. The molecule has 0 bridgehead atoms. The summed E-state index contributed by atoms with van der Waals surface area (Å²) in [5.41, 5.74) is 1.24. The number of nitrogens with one attached hydrogen (secondary N) is 1. The van der Waals surface area contributed by atoms with Crippen LogP contribution in [-0.2, 0) is 19.5 Å². The maximum Gasteiger partial charge on any atom is 0.255 e. The fourth-order valence-electron chi connectivity index (χ4n) is 3.22. The number of nitrogens with zero attached hydrogens (tertiary/aromatic N) is 5. The number of halogens is 2. The molecular formula is C19H14F2N6O. The van der Waals surface area contributed by atoms with Crippen LogP contribution in [-0.4, -0.2) is 31.4 Å². The van der Waals surface area contributed by atoms with Crippen molar-refractivity contribution in [1.29, 1.82) is 5.26 Å². The van der Waals surface area contributed by atoms with E-state index in [1.807, 2.05) is 0 Å². The van der Waals surface area contributed by atoms with Gasteiger partial charge < -0.3 is 4.98 Å². The molecule has 28 heavy (non-hydrogen) atoms. The molecule has 1 aliphatic rings. The molecule has 0 saturated heterocycles. The van der Waals surface area contributed by atoms with E-state index in [1.54, 1.807) is 23.4 Å². The Morgan fingerprint density at radius 3 is 2.61 bits per heavy atom. The van der Waals surface area contributed by atoms with E-state index in [9.17, 15) is 13.6 Å². The number of benzene rings is 1. The minimum atomic E-state index is -0.770. The highest BCUT2D eigenvalue weighted by Crippen LogP contribution is 2.22. The van der Waals surface area contributed by atoms with Crippen molar-refractivity contribution < 1.29 is 8.78 Å². The number of aromatic amines is 1. The van der Waals surface area contributed by atoms with Crippen molar-refractivity contribution in [2.45, 2.75) is 19.5 Å². The molecule has 1 aromatic carbocycles. The lowest BCUT2D eigenvalue weighted by atomic mass is 10.0. The SMILES string of the molecule is N#Cc1cc(F)c(CN2CCc3nc(-c4cncnc4)[nH]c(=O)c3C2)c(F)c1. The molecule has 3 aromatic rings. The number of aromatic nitrogens is 4. The molecule has 0 amide bonds. The predicted molar refractivity (Wildman–Crippen MR) is 94.8 cm³/mol. The lowest BCUT2D eigenvalue weighted by Gasteiger charge is -2.28. The standard InChI is InChI=1S/C19H14F2N6O/c20-15-3-11(5-22)4-16(21)13(15)8-27-2-1-17-14(9-27)19(28)26-18(25-17)12-6-23-10-24-7-12/h3-4,6-7,10H,1-2,8-9H2,(H,25,26,28). The second-order valence-corrected chi connectivity index (χ2v) is 6.46. The van der Waals surface area contributed by atoms with Crippen LogP contribution in [0.1, 0.15) is 22.4 Å². The molecule has 0 unspecified atom stereocenters. The molecule has 7 nitrogen and oxygen atoms in total. The molecule has 0 radical (unpaired) electrons. The second-order valence-electron chi connectivity index (χ2n) is 6.46. The highest BCUT2D eigenvalue weighted by atomic mass is 19.1. The Bertz CT molecular complexity index is 1120. The van der Waals surface area contributed by atoms with Gasteiger partial charge in [0.2, 0.25) is 0 Å². The van der Waals surface area contributed by atoms with Crippen LogP contribution in [0.5, 0.6) is 0 Å². The normalized spacial score (nSPS) is 13.8. The minimum absolute atomic E-state index is 0.00344. The Balaban J connectivity index is 1.60. The van der Waals surface area contributed by atoms with Gasteiger partial charge >= 0.3 is 0 Å². The number of hydrogen-bond acceptors (Lipinski definition) is 6. The molecule has 0 fully saturated rings. The molecule has 0 aliphatic carbocycles. The first-order chi connectivity index (χ1) is 13.5. The molecule has 3 heterocycles. The highest BCUT2D eigenvalue weighted by molar-refractivity contribution is 5.52. The molecule has 0 atom stereocenters. The van der Waals surface area contributed by atoms with Crippen LogP contribution >= 0.6 is 0 Å². The van der Waals surface area contributed by atoms with Crippen molar-refractivity contribution in [3.63, 3.8) is 0 Å². The first-order valence-electron chi connectivity index (χ1n) is 8.53. The van der Waals surface area contributed by atoms with Gasteiger partial charge in [0.25, 0.3) is 5.56 Å². The van der Waals surface area contributed by atoms with Gasteiger partial charge in [0.05, 0.1) is 28.5 Å². The minimum Gasteiger partial charge on any atom is -0.306 e. The Kier molecular flexibility index (Phi) is 4.63. The Morgan fingerprint density at radius 1 is 1.21 bits per heavy atom. The molecule has 9 heteroatoms. The summed E-state index contributed by atoms with van der Waals surface area (Å²) in [4.78, 5) is 29.4. The average Bonchev–Trinajstić information content (AvgIpc) is 2.71. The van der Waals surface area contributed by atoms with Crippen molar-refractivity contribution >= 4 is 0 Å². The van der Waals surface area contributed by atoms with Crippen molar-refractivity contribution in [3.8, 4) is 17.5 Å². The number of hydrogen-bond donors (Lipinski definition) is 1. The Hall–Kier alpha value is -3.51. The Labute approximate surface area is 158 Å². The molecule has 0 spiro atoms. The summed E-state index contributed by atoms with van der Waals surface area (Å²) in [6.45, 7) is 0.714. The predicted octanol–water partition coefficient (Wildman–Crippen LogP) is 1.94. The first kappa shape index (κ1) is 17.9. The van der Waals surface area contributed by atoms with Gasteiger partial charge in [-0.3, -0.25) is 9.69 Å². The van der Waals surface area contributed by atoms with Gasteiger partial charge in [0, 0.05) is 44.0 Å². The third kappa shape index (κ3) is 3.37. The fraction of sp³-hybridized carbons (Fsp3) is 0.211. The maximum absolute atomic E-state index is 14.2. The lowest BCUT2D eigenvalue weighted by molar-refractivity contribution is 0.235. The summed E-state index contributed by atoms with van der Waals surface area (Å²) in [6.07, 6.45) is 4.98. The number of fused-ring (bicyclic) bond motifs is 1. The van der Waals surface area contributed by atoms with E-state index in [0.29, 0.717) is 35.6 Å². The van der Waals surface area contributed by atoms with Crippen molar-refractivity contribution in [1.82, 2.24) is 24.8 Å². The van der Waals surface area contributed by atoms with Crippen LogP contribution in [0.3, 0.4) is 0 Å². The van der Waals surface area contributed by atoms with Crippen LogP contribution in [0.25, 0.3) is 11.4 Å². The molecule has 1 N–H and O–H groups in total. The smallest absolute Gasteiger partial charge is 0.255 e. The first-order valence-corrected chi connectivity index (χ1v) is 8.53. The van der Waals surface area contributed by atoms with Gasteiger partial charge in [-0.2, -0.15) is 5.26 Å². The second kappa shape index (κ2) is 7.25. The van der Waals surface area contributed by atoms with Crippen LogP contribution in [0.2, 0.25) is 0 Å². The van der Waals surface area contributed by atoms with Crippen molar-refractivity contribution in [3.05, 3.63) is 75.2 Å².